The highest BCUT2D eigenvalue weighted by Crippen LogP contribution is 2.21. The maximum Gasteiger partial charge on any atom is 0.251 e. The van der Waals surface area contributed by atoms with E-state index >= 15 is 0 Å². The van der Waals surface area contributed by atoms with Crippen LogP contribution in [-0.4, -0.2) is 51.7 Å². The Bertz CT molecular complexity index is 635. The normalized spacial score (nSPS) is 16.3. The topological polar surface area (TPSA) is 66.5 Å². The average molecular weight is 353 g/mol. The Morgan fingerprint density at radius 3 is 2.38 bits per heavy atom. The van der Waals surface area contributed by atoms with Crippen molar-refractivity contribution in [1.82, 2.24) is 10.2 Å². The van der Waals surface area contributed by atoms with Crippen molar-refractivity contribution in [2.45, 2.75) is 49.5 Å². The second-order valence-corrected chi connectivity index (χ2v) is 8.69. The van der Waals surface area contributed by atoms with Crippen LogP contribution in [0.4, 0.5) is 0 Å². The highest BCUT2D eigenvalue weighted by Gasteiger charge is 2.17. The number of carbonyl (C=O) groups is 1. The van der Waals surface area contributed by atoms with E-state index in [1.807, 2.05) is 0 Å². The molecular weight excluding hydrogens is 324 g/mol. The van der Waals surface area contributed by atoms with Crippen LogP contribution in [0.5, 0.6) is 0 Å². The summed E-state index contributed by atoms with van der Waals surface area (Å²) in [7, 11) is -1.06. The van der Waals surface area contributed by atoms with Crippen LogP contribution in [0.25, 0.3) is 0 Å². The molecule has 0 bridgehead atoms. The number of amides is 1. The van der Waals surface area contributed by atoms with E-state index in [0.717, 1.165) is 19.2 Å². The van der Waals surface area contributed by atoms with Gasteiger partial charge >= 0.3 is 0 Å². The number of rotatable bonds is 7. The zero-order valence-corrected chi connectivity index (χ0v) is 15.4. The Kier molecular flexibility index (Phi) is 6.80. The Labute approximate surface area is 145 Å². The molecule has 1 aliphatic rings. The largest absolute Gasteiger partial charge is 0.352 e. The molecule has 2 rings (SSSR count). The van der Waals surface area contributed by atoms with Crippen molar-refractivity contribution in [3.63, 3.8) is 0 Å². The predicted octanol–water partition coefficient (Wildman–Crippen LogP) is 2.47. The first kappa shape index (κ1) is 18.9. The van der Waals surface area contributed by atoms with Crippen LogP contribution in [0.15, 0.2) is 29.2 Å². The fraction of sp³-hybridized carbons (Fsp3) is 0.611. The minimum absolute atomic E-state index is 0.157. The monoisotopic (exact) mass is 352 g/mol. The first-order chi connectivity index (χ1) is 11.4. The molecule has 1 amide bonds. The lowest BCUT2D eigenvalue weighted by atomic mass is 9.94. The molecule has 24 heavy (non-hydrogen) atoms. The van der Waals surface area contributed by atoms with Gasteiger partial charge in [0.25, 0.3) is 5.91 Å². The van der Waals surface area contributed by atoms with Gasteiger partial charge in [-0.05, 0) is 57.1 Å². The lowest BCUT2D eigenvalue weighted by molar-refractivity contribution is 0.0950. The molecule has 1 aromatic rings. The quantitative estimate of drug-likeness (QED) is 0.766. The molecule has 0 aromatic heterocycles. The van der Waals surface area contributed by atoms with Crippen molar-refractivity contribution in [2.24, 2.45) is 0 Å². The predicted molar refractivity (Wildman–Crippen MR) is 96.0 cm³/mol. The smallest absolute Gasteiger partial charge is 0.251 e. The van der Waals surface area contributed by atoms with Crippen LogP contribution in [0, 0.1) is 0 Å². The highest BCUT2D eigenvalue weighted by molar-refractivity contribution is 7.90. The Morgan fingerprint density at radius 2 is 1.79 bits per heavy atom. The molecule has 1 aliphatic carbocycles. The zero-order valence-electron chi connectivity index (χ0n) is 14.6. The average Bonchev–Trinajstić information content (AvgIpc) is 2.58. The highest BCUT2D eigenvalue weighted by atomic mass is 32.2. The minimum atomic E-state index is -3.22. The van der Waals surface area contributed by atoms with Crippen LogP contribution in [0.2, 0.25) is 0 Å². The number of nitrogens with one attached hydrogen (secondary N) is 1. The molecule has 0 heterocycles. The van der Waals surface area contributed by atoms with Crippen molar-refractivity contribution in [2.75, 3.05) is 26.4 Å². The standard InChI is InChI=1S/C18H28N2O3S/c1-20(16-7-4-3-5-8-16)14-6-13-19-18(21)15-9-11-17(12-10-15)24(2,22)23/h9-12,16H,3-8,13-14H2,1-2H3,(H,19,21). The number of hydrogen-bond acceptors (Lipinski definition) is 4. The van der Waals surface area contributed by atoms with Crippen molar-refractivity contribution >= 4 is 15.7 Å². The maximum atomic E-state index is 12.1. The van der Waals surface area contributed by atoms with E-state index in [4.69, 9.17) is 0 Å². The van der Waals surface area contributed by atoms with E-state index < -0.39 is 9.84 Å². The molecule has 6 heteroatoms. The Morgan fingerprint density at radius 1 is 1.17 bits per heavy atom. The van der Waals surface area contributed by atoms with Crippen molar-refractivity contribution < 1.29 is 13.2 Å². The first-order valence-corrected chi connectivity index (χ1v) is 10.6. The summed E-state index contributed by atoms with van der Waals surface area (Å²) in [6.45, 7) is 1.61. The summed E-state index contributed by atoms with van der Waals surface area (Å²) in [6.07, 6.45) is 8.67. The number of carbonyl (C=O) groups excluding carboxylic acids is 1. The zero-order chi connectivity index (χ0) is 17.6. The summed E-state index contributed by atoms with van der Waals surface area (Å²) in [4.78, 5) is 14.7. The number of hydrogen-bond donors (Lipinski definition) is 1. The molecule has 0 radical (unpaired) electrons. The molecule has 1 fully saturated rings. The van der Waals surface area contributed by atoms with E-state index in [1.165, 1.54) is 44.2 Å². The molecule has 134 valence electrons. The van der Waals surface area contributed by atoms with Crippen LogP contribution >= 0.6 is 0 Å². The van der Waals surface area contributed by atoms with E-state index in [0.29, 0.717) is 18.2 Å². The fourth-order valence-corrected chi connectivity index (χ4v) is 3.82. The van der Waals surface area contributed by atoms with Crippen LogP contribution < -0.4 is 5.32 Å². The summed E-state index contributed by atoms with van der Waals surface area (Å²) >= 11 is 0. The number of sulfone groups is 1. The van der Waals surface area contributed by atoms with Gasteiger partial charge in [0.15, 0.2) is 9.84 Å². The summed E-state index contributed by atoms with van der Waals surface area (Å²) in [5.74, 6) is -0.157. The molecule has 1 aromatic carbocycles. The second kappa shape index (κ2) is 8.62. The molecular formula is C18H28N2O3S. The van der Waals surface area contributed by atoms with Gasteiger partial charge in [0.2, 0.25) is 0 Å². The van der Waals surface area contributed by atoms with E-state index in [1.54, 1.807) is 12.1 Å². The van der Waals surface area contributed by atoms with E-state index in [2.05, 4.69) is 17.3 Å². The molecule has 5 nitrogen and oxygen atoms in total. The van der Waals surface area contributed by atoms with Crippen molar-refractivity contribution in [3.8, 4) is 0 Å². The molecule has 0 atom stereocenters. The minimum Gasteiger partial charge on any atom is -0.352 e. The molecule has 0 spiro atoms. The van der Waals surface area contributed by atoms with Gasteiger partial charge in [0.05, 0.1) is 4.90 Å². The van der Waals surface area contributed by atoms with Crippen LogP contribution in [0.1, 0.15) is 48.9 Å². The van der Waals surface area contributed by atoms with Gasteiger partial charge in [-0.3, -0.25) is 4.79 Å². The van der Waals surface area contributed by atoms with Gasteiger partial charge in [-0.2, -0.15) is 0 Å². The first-order valence-electron chi connectivity index (χ1n) is 8.66. The van der Waals surface area contributed by atoms with Gasteiger partial charge in [0.1, 0.15) is 0 Å². The third-order valence-corrected chi connectivity index (χ3v) is 5.84. The lowest BCUT2D eigenvalue weighted by Gasteiger charge is -2.31. The molecule has 0 unspecified atom stereocenters. The van der Waals surface area contributed by atoms with E-state index in [9.17, 15) is 13.2 Å². The summed E-state index contributed by atoms with van der Waals surface area (Å²) in [6, 6.07) is 6.75. The third kappa shape index (κ3) is 5.60. The van der Waals surface area contributed by atoms with Crippen LogP contribution in [0.3, 0.4) is 0 Å². The van der Waals surface area contributed by atoms with Crippen molar-refractivity contribution in [1.29, 1.82) is 0 Å². The second-order valence-electron chi connectivity index (χ2n) is 6.68. The number of nitrogens with zero attached hydrogens (tertiary/aromatic N) is 1. The molecule has 1 saturated carbocycles. The fourth-order valence-electron chi connectivity index (χ4n) is 3.19. The SMILES string of the molecule is CN(CCCNC(=O)c1ccc(S(C)(=O)=O)cc1)C1CCCCC1. The molecule has 0 aliphatic heterocycles. The summed E-state index contributed by atoms with van der Waals surface area (Å²) in [5.41, 5.74) is 0.489. The van der Waals surface area contributed by atoms with Gasteiger partial charge in [-0.1, -0.05) is 19.3 Å². The third-order valence-electron chi connectivity index (χ3n) is 4.72. The molecule has 1 N–H and O–H groups in total. The molecule has 0 saturated heterocycles. The Balaban J connectivity index is 1.73. The summed E-state index contributed by atoms with van der Waals surface area (Å²) < 4.78 is 22.8. The van der Waals surface area contributed by atoms with Crippen molar-refractivity contribution in [3.05, 3.63) is 29.8 Å². The van der Waals surface area contributed by atoms with E-state index in [-0.39, 0.29) is 10.8 Å². The number of benzene rings is 1. The van der Waals surface area contributed by atoms with Gasteiger partial charge < -0.3 is 10.2 Å². The summed E-state index contributed by atoms with van der Waals surface area (Å²) in [5, 5.41) is 2.90. The van der Waals surface area contributed by atoms with Crippen LogP contribution in [-0.2, 0) is 9.84 Å². The lowest BCUT2D eigenvalue weighted by Crippen LogP contribution is -2.35. The van der Waals surface area contributed by atoms with Gasteiger partial charge in [-0.25, -0.2) is 8.42 Å². The van der Waals surface area contributed by atoms with Gasteiger partial charge in [-0.15, -0.1) is 0 Å². The van der Waals surface area contributed by atoms with Gasteiger partial charge in [0, 0.05) is 24.4 Å². The maximum absolute atomic E-state index is 12.1. The Hall–Kier alpha value is -1.40.